The van der Waals surface area contributed by atoms with Crippen LogP contribution in [0.1, 0.15) is 5.56 Å². The summed E-state index contributed by atoms with van der Waals surface area (Å²) in [6, 6.07) is 21.0. The third-order valence-corrected chi connectivity index (χ3v) is 4.80. The van der Waals surface area contributed by atoms with Crippen LogP contribution in [-0.2, 0) is 0 Å². The molecule has 0 aromatic heterocycles. The van der Waals surface area contributed by atoms with Crippen LogP contribution in [0.25, 0.3) is 5.31 Å². The summed E-state index contributed by atoms with van der Waals surface area (Å²) in [4.78, 5) is 0. The Morgan fingerprint density at radius 2 is 1.35 bits per heavy atom. The van der Waals surface area contributed by atoms with Gasteiger partial charge in [-0.05, 0) is 30.8 Å². The predicted octanol–water partition coefficient (Wildman–Crippen LogP) is 3.71. The Bertz CT molecular complexity index is 465. The topological polar surface area (TPSA) is 0 Å². The zero-order valence-corrected chi connectivity index (χ0v) is 10.9. The molecule has 0 fully saturated rings. The zero-order chi connectivity index (χ0) is 11.4. The molecule has 2 heteroatoms. The maximum Gasteiger partial charge on any atom is 0 e. The fraction of sp³-hybridized carbons (Fsp3) is 0.0667. The molecule has 17 heavy (non-hydrogen) atoms. The average molecular weight is 237 g/mol. The van der Waals surface area contributed by atoms with Gasteiger partial charge in [0, 0.05) is 8.41 Å². The zero-order valence-electron chi connectivity index (χ0n) is 10.0. The maximum atomic E-state index is 4.23. The van der Waals surface area contributed by atoms with E-state index in [1.54, 1.807) is 0 Å². The first-order valence-electron chi connectivity index (χ1n) is 5.32. The SMILES string of the molecule is C=C(c1ccccc1)P(C)c1ccccc1.[B]. The standard InChI is InChI=1S/C15H15P.B/c1-13(14-9-5-3-6-10-14)16(2)15-11-7-4-8-12-15;/h3-12H,1H2,2H3;. The Morgan fingerprint density at radius 3 is 1.88 bits per heavy atom. The normalized spacial score (nSPS) is 11.4. The van der Waals surface area contributed by atoms with Crippen molar-refractivity contribution < 1.29 is 0 Å². The highest BCUT2D eigenvalue weighted by molar-refractivity contribution is 7.74. The molecule has 0 heterocycles. The van der Waals surface area contributed by atoms with E-state index in [-0.39, 0.29) is 16.3 Å². The molecule has 0 aliphatic carbocycles. The van der Waals surface area contributed by atoms with E-state index < -0.39 is 0 Å². The Kier molecular flexibility index (Phi) is 5.19. The monoisotopic (exact) mass is 237 g/mol. The van der Waals surface area contributed by atoms with Gasteiger partial charge in [-0.2, -0.15) is 0 Å². The van der Waals surface area contributed by atoms with Crippen LogP contribution in [0.15, 0.2) is 67.2 Å². The van der Waals surface area contributed by atoms with Crippen molar-refractivity contribution >= 4 is 27.0 Å². The molecule has 2 aromatic rings. The third-order valence-electron chi connectivity index (χ3n) is 2.66. The third kappa shape index (κ3) is 3.31. The van der Waals surface area contributed by atoms with Crippen molar-refractivity contribution in [3.8, 4) is 0 Å². The molecule has 1 unspecified atom stereocenters. The molecular formula is C15H15BP. The molecule has 0 N–H and O–H groups in total. The first-order chi connectivity index (χ1) is 7.79. The first kappa shape index (κ1) is 13.7. The average Bonchev–Trinajstić information content (AvgIpc) is 2.39. The Balaban J connectivity index is 0.00000144. The van der Waals surface area contributed by atoms with Crippen LogP contribution < -0.4 is 5.30 Å². The highest BCUT2D eigenvalue weighted by Crippen LogP contribution is 2.44. The second kappa shape index (κ2) is 6.42. The summed E-state index contributed by atoms with van der Waals surface area (Å²) < 4.78 is 0. The van der Waals surface area contributed by atoms with E-state index in [0.717, 1.165) is 0 Å². The fourth-order valence-corrected chi connectivity index (χ4v) is 3.10. The Hall–Kier alpha value is -1.33. The van der Waals surface area contributed by atoms with E-state index in [4.69, 9.17) is 0 Å². The number of benzene rings is 2. The van der Waals surface area contributed by atoms with Crippen molar-refractivity contribution in [2.24, 2.45) is 0 Å². The summed E-state index contributed by atoms with van der Waals surface area (Å²) in [6.45, 7) is 6.49. The van der Waals surface area contributed by atoms with Gasteiger partial charge in [0.2, 0.25) is 0 Å². The van der Waals surface area contributed by atoms with E-state index in [9.17, 15) is 0 Å². The first-order valence-corrected chi connectivity index (χ1v) is 7.11. The summed E-state index contributed by atoms with van der Waals surface area (Å²) in [7, 11) is -0.308. The number of hydrogen-bond donors (Lipinski definition) is 0. The van der Waals surface area contributed by atoms with Crippen LogP contribution in [-0.4, -0.2) is 15.1 Å². The summed E-state index contributed by atoms with van der Waals surface area (Å²) in [5.74, 6) is 0. The van der Waals surface area contributed by atoms with Gasteiger partial charge in [0.25, 0.3) is 0 Å². The molecule has 1 atom stereocenters. The van der Waals surface area contributed by atoms with Crippen molar-refractivity contribution in [2.75, 3.05) is 6.66 Å². The van der Waals surface area contributed by atoms with Gasteiger partial charge in [-0.25, -0.2) is 0 Å². The molecule has 0 saturated heterocycles. The van der Waals surface area contributed by atoms with Crippen LogP contribution in [0.5, 0.6) is 0 Å². The number of rotatable bonds is 3. The molecule has 2 rings (SSSR count). The van der Waals surface area contributed by atoms with Gasteiger partial charge < -0.3 is 0 Å². The van der Waals surface area contributed by atoms with Crippen LogP contribution in [0, 0.1) is 0 Å². The van der Waals surface area contributed by atoms with Gasteiger partial charge in [-0.3, -0.25) is 0 Å². The van der Waals surface area contributed by atoms with Crippen LogP contribution in [0.3, 0.4) is 0 Å². The maximum absolute atomic E-state index is 4.23. The van der Waals surface area contributed by atoms with Gasteiger partial charge in [0.1, 0.15) is 0 Å². The Labute approximate surface area is 107 Å². The molecule has 0 aliphatic heterocycles. The van der Waals surface area contributed by atoms with Gasteiger partial charge in [0.15, 0.2) is 0 Å². The lowest BCUT2D eigenvalue weighted by Gasteiger charge is -2.15. The van der Waals surface area contributed by atoms with Crippen LogP contribution in [0.4, 0.5) is 0 Å². The molecule has 0 nitrogen and oxygen atoms in total. The highest BCUT2D eigenvalue weighted by Gasteiger charge is 2.09. The van der Waals surface area contributed by atoms with Gasteiger partial charge in [0.05, 0.1) is 0 Å². The van der Waals surface area contributed by atoms with E-state index in [1.165, 1.54) is 16.2 Å². The molecule has 3 radical (unpaired) electrons. The molecule has 0 amide bonds. The van der Waals surface area contributed by atoms with Crippen molar-refractivity contribution in [2.45, 2.75) is 0 Å². The minimum atomic E-state index is -0.308. The summed E-state index contributed by atoms with van der Waals surface area (Å²) in [5.41, 5.74) is 1.25. The lowest BCUT2D eigenvalue weighted by atomic mass is 10.2. The second-order valence-electron chi connectivity index (χ2n) is 3.71. The predicted molar refractivity (Wildman–Crippen MR) is 80.2 cm³/mol. The van der Waals surface area contributed by atoms with Crippen molar-refractivity contribution in [1.29, 1.82) is 0 Å². The molecule has 0 aliphatic rings. The van der Waals surface area contributed by atoms with E-state index >= 15 is 0 Å². The minimum absolute atomic E-state index is 0. The van der Waals surface area contributed by atoms with Crippen molar-refractivity contribution in [3.05, 3.63) is 72.8 Å². The molecule has 0 bridgehead atoms. The largest absolute Gasteiger partial charge is 0.0904 e. The smallest absolute Gasteiger partial charge is 0 e. The Morgan fingerprint density at radius 1 is 0.882 bits per heavy atom. The van der Waals surface area contributed by atoms with Gasteiger partial charge in [-0.1, -0.05) is 67.2 Å². The quantitative estimate of drug-likeness (QED) is 0.563. The number of hydrogen-bond acceptors (Lipinski definition) is 0. The van der Waals surface area contributed by atoms with E-state index in [0.29, 0.717) is 0 Å². The summed E-state index contributed by atoms with van der Waals surface area (Å²) >= 11 is 0. The lowest BCUT2D eigenvalue weighted by molar-refractivity contribution is 1.65. The van der Waals surface area contributed by atoms with E-state index in [1.807, 2.05) is 6.07 Å². The minimum Gasteiger partial charge on any atom is -0.0904 e. The van der Waals surface area contributed by atoms with Crippen LogP contribution in [0.2, 0.25) is 0 Å². The molecule has 0 spiro atoms. The molecule has 0 saturated carbocycles. The lowest BCUT2D eigenvalue weighted by Crippen LogP contribution is -1.99. The molecule has 83 valence electrons. The molecule has 2 aromatic carbocycles. The fourth-order valence-electron chi connectivity index (χ4n) is 1.63. The van der Waals surface area contributed by atoms with E-state index in [2.05, 4.69) is 67.8 Å². The summed E-state index contributed by atoms with van der Waals surface area (Å²) in [5, 5.41) is 2.62. The molecular weight excluding hydrogens is 222 g/mol. The second-order valence-corrected chi connectivity index (χ2v) is 5.88. The highest BCUT2D eigenvalue weighted by atomic mass is 31.1. The van der Waals surface area contributed by atoms with Crippen molar-refractivity contribution in [1.82, 2.24) is 0 Å². The van der Waals surface area contributed by atoms with Gasteiger partial charge in [-0.15, -0.1) is 0 Å². The summed E-state index contributed by atoms with van der Waals surface area (Å²) in [6.07, 6.45) is 0. The van der Waals surface area contributed by atoms with Crippen LogP contribution >= 0.6 is 7.92 Å². The van der Waals surface area contributed by atoms with Crippen molar-refractivity contribution in [3.63, 3.8) is 0 Å². The van der Waals surface area contributed by atoms with Gasteiger partial charge >= 0.3 is 0 Å².